The number of halogens is 8. The molecule has 164 valence electrons. The summed E-state index contributed by atoms with van der Waals surface area (Å²) in [4.78, 5) is 0. The van der Waals surface area contributed by atoms with Crippen LogP contribution >= 0.6 is 0 Å². The van der Waals surface area contributed by atoms with Crippen LogP contribution in [0.4, 0.5) is 26.3 Å². The van der Waals surface area contributed by atoms with E-state index >= 15 is 0 Å². The fraction of sp³-hybridized carbons (Fsp3) is 0.600. The number of alkyl halides is 6. The molecule has 0 aromatic heterocycles. The number of rotatable bonds is 8. The molecule has 0 aliphatic heterocycles. The van der Waals surface area contributed by atoms with Gasteiger partial charge < -0.3 is 24.8 Å². The van der Waals surface area contributed by atoms with Gasteiger partial charge in [0.1, 0.15) is 0 Å². The van der Waals surface area contributed by atoms with Crippen molar-refractivity contribution in [3.05, 3.63) is 47.6 Å². The molecule has 0 saturated heterocycles. The van der Waals surface area contributed by atoms with Crippen LogP contribution in [0.2, 0.25) is 6.25 Å². The number of unbranched alkanes of at least 4 members (excludes halogenated alkanes) is 2. The van der Waals surface area contributed by atoms with Crippen molar-refractivity contribution in [1.29, 1.82) is 0 Å². The molecule has 2 aliphatic rings. The molecule has 0 amide bonds. The van der Waals surface area contributed by atoms with Crippen LogP contribution in [-0.4, -0.2) is 12.4 Å². The molecule has 0 aromatic rings. The molecule has 0 heterocycles. The number of hydrogen-bond donors (Lipinski definition) is 0. The zero-order valence-corrected chi connectivity index (χ0v) is 20.2. The third kappa shape index (κ3) is 7.57. The summed E-state index contributed by atoms with van der Waals surface area (Å²) >= 11 is -1.76. The summed E-state index contributed by atoms with van der Waals surface area (Å²) in [5.41, 5.74) is -1.32. The van der Waals surface area contributed by atoms with Crippen molar-refractivity contribution < 1.29 is 74.4 Å². The van der Waals surface area contributed by atoms with Crippen LogP contribution in [0.1, 0.15) is 52.4 Å². The molecule has 0 radical (unpaired) electrons. The maximum Gasteiger partial charge on any atom is -1.00 e. The van der Waals surface area contributed by atoms with Gasteiger partial charge in [0.25, 0.3) is 0 Å². The third-order valence-electron chi connectivity index (χ3n) is 4.95. The van der Waals surface area contributed by atoms with Gasteiger partial charge in [-0.1, -0.05) is 0 Å². The average Bonchev–Trinajstić information content (AvgIpc) is 3.16. The van der Waals surface area contributed by atoms with Crippen LogP contribution in [0.15, 0.2) is 47.6 Å². The van der Waals surface area contributed by atoms with Gasteiger partial charge in [0, 0.05) is 0 Å². The molecule has 0 N–H and O–H groups in total. The van der Waals surface area contributed by atoms with E-state index in [1.807, 2.05) is 13.8 Å². The zero-order valence-electron chi connectivity index (χ0n) is 16.2. The Morgan fingerprint density at radius 1 is 0.724 bits per heavy atom. The van der Waals surface area contributed by atoms with Crippen molar-refractivity contribution >= 4 is 0 Å². The Hall–Kier alpha value is 0.00312. The largest absolute Gasteiger partial charge is 1.00 e. The van der Waals surface area contributed by atoms with Gasteiger partial charge in [-0.15, -0.1) is 0 Å². The minimum atomic E-state index is -4.42. The topological polar surface area (TPSA) is 0 Å². The Morgan fingerprint density at radius 2 is 1.07 bits per heavy atom. The second kappa shape index (κ2) is 11.0. The molecule has 29 heavy (non-hydrogen) atoms. The quantitative estimate of drug-likeness (QED) is 0.413. The molecule has 2 aliphatic carbocycles. The van der Waals surface area contributed by atoms with E-state index in [1.54, 1.807) is 12.2 Å². The molecule has 2 atom stereocenters. The molecule has 2 unspecified atom stereocenters. The Labute approximate surface area is 192 Å². The fourth-order valence-corrected chi connectivity index (χ4v) is 9.09. The predicted octanol–water partition coefficient (Wildman–Crippen LogP) is 1.89. The van der Waals surface area contributed by atoms with E-state index in [4.69, 9.17) is 0 Å². The van der Waals surface area contributed by atoms with Gasteiger partial charge in [-0.25, -0.2) is 0 Å². The molecule has 2 rings (SSSR count). The van der Waals surface area contributed by atoms with Crippen molar-refractivity contribution in [1.82, 2.24) is 0 Å². The Kier molecular flexibility index (Phi) is 11.0. The van der Waals surface area contributed by atoms with E-state index < -0.39 is 53.0 Å². The minimum absolute atomic E-state index is 0. The Bertz CT molecular complexity index is 607. The van der Waals surface area contributed by atoms with Crippen LogP contribution in [0, 0.1) is 0 Å². The Balaban J connectivity index is 0.00000392. The molecular formula is C20H24Cl2F6Zr. The zero-order chi connectivity index (χ0) is 20.3. The molecule has 0 spiro atoms. The molecule has 9 heteroatoms. The van der Waals surface area contributed by atoms with E-state index in [1.165, 1.54) is 12.2 Å². The monoisotopic (exact) mass is 538 g/mol. The van der Waals surface area contributed by atoms with E-state index in [9.17, 15) is 26.3 Å². The first kappa shape index (κ1) is 29.0. The second-order valence-electron chi connectivity index (χ2n) is 7.27. The van der Waals surface area contributed by atoms with E-state index in [0.29, 0.717) is 12.8 Å². The summed E-state index contributed by atoms with van der Waals surface area (Å²) in [5, 5.41) is 0. The van der Waals surface area contributed by atoms with Gasteiger partial charge in [-0.2, -0.15) is 0 Å². The van der Waals surface area contributed by atoms with Gasteiger partial charge in [0.05, 0.1) is 0 Å². The summed E-state index contributed by atoms with van der Waals surface area (Å²) < 4.78 is 77.7. The van der Waals surface area contributed by atoms with Gasteiger partial charge >= 0.3 is 168 Å². The van der Waals surface area contributed by atoms with Gasteiger partial charge in [0.15, 0.2) is 0 Å². The average molecular weight is 541 g/mol. The molecule has 0 nitrogen and oxygen atoms in total. The smallest absolute Gasteiger partial charge is 1.00 e. The predicted molar refractivity (Wildman–Crippen MR) is 91.0 cm³/mol. The van der Waals surface area contributed by atoms with Crippen LogP contribution in [0.5, 0.6) is 0 Å². The summed E-state index contributed by atoms with van der Waals surface area (Å²) in [6, 6.07) is 0. The number of hydrogen-bond acceptors (Lipinski definition) is 0. The normalized spacial score (nSPS) is 25.8. The van der Waals surface area contributed by atoms with E-state index in [-0.39, 0.29) is 24.8 Å². The second-order valence-corrected chi connectivity index (χ2v) is 12.5. The summed E-state index contributed by atoms with van der Waals surface area (Å²) in [7, 11) is 0. The van der Waals surface area contributed by atoms with Crippen LogP contribution in [0.3, 0.4) is 0 Å². The summed E-state index contributed by atoms with van der Waals surface area (Å²) in [6.07, 6.45) is 3.60. The SMILES string of the molecule is CCCC[C]1([Zr+2][C]2(CCCC)C=CC(C(F)(F)F)=C2)C=CC(C(F)(F)F)=C1.[Cl-].[Cl-]. The van der Waals surface area contributed by atoms with Crippen molar-refractivity contribution in [3.8, 4) is 0 Å². The third-order valence-corrected chi connectivity index (χ3v) is 10.0. The van der Waals surface area contributed by atoms with E-state index in [0.717, 1.165) is 37.8 Å². The standard InChI is InChI=1S/2C10H12F3.2ClH.Zr/c2*1-2-3-4-8-5-6-9(7-8)10(11,12)13;;;/h2*5-7H,2-4H2,1H3;2*1H;/q;;;;+2/p-2. The first-order valence-corrected chi connectivity index (χ1v) is 11.7. The number of allylic oxidation sites excluding steroid dienone is 8. The van der Waals surface area contributed by atoms with Crippen molar-refractivity contribution in [2.45, 2.75) is 71.0 Å². The maximum atomic E-state index is 13.2. The van der Waals surface area contributed by atoms with Gasteiger partial charge in [0.2, 0.25) is 0 Å². The van der Waals surface area contributed by atoms with Gasteiger partial charge in [-0.3, -0.25) is 0 Å². The molecule has 0 bridgehead atoms. The fourth-order valence-electron chi connectivity index (χ4n) is 3.54. The molecular weight excluding hydrogens is 516 g/mol. The summed E-state index contributed by atoms with van der Waals surface area (Å²) in [6.45, 7) is 3.94. The van der Waals surface area contributed by atoms with E-state index in [2.05, 4.69) is 0 Å². The van der Waals surface area contributed by atoms with Gasteiger partial charge in [-0.05, 0) is 0 Å². The van der Waals surface area contributed by atoms with Crippen molar-refractivity contribution in [3.63, 3.8) is 0 Å². The maximum absolute atomic E-state index is 13.2. The minimum Gasteiger partial charge on any atom is -1.00 e. The summed E-state index contributed by atoms with van der Waals surface area (Å²) in [5.74, 6) is 0. The van der Waals surface area contributed by atoms with Crippen molar-refractivity contribution in [2.75, 3.05) is 0 Å². The van der Waals surface area contributed by atoms with Crippen LogP contribution in [-0.2, 0) is 23.2 Å². The van der Waals surface area contributed by atoms with Crippen LogP contribution in [0.25, 0.3) is 0 Å². The Morgan fingerprint density at radius 3 is 1.31 bits per heavy atom. The first-order chi connectivity index (χ1) is 12.5. The molecule has 0 fully saturated rings. The van der Waals surface area contributed by atoms with Crippen LogP contribution < -0.4 is 24.8 Å². The van der Waals surface area contributed by atoms with Crippen molar-refractivity contribution in [2.24, 2.45) is 0 Å². The molecule has 0 aromatic carbocycles. The molecule has 0 saturated carbocycles. The first-order valence-electron chi connectivity index (χ1n) is 9.23.